The molecule has 0 aromatic heterocycles. The van der Waals surface area contributed by atoms with Crippen LogP contribution in [0.1, 0.15) is 11.1 Å². The first-order valence-corrected chi connectivity index (χ1v) is 7.07. The zero-order valence-corrected chi connectivity index (χ0v) is 12.3. The first-order valence-electron chi connectivity index (χ1n) is 7.07. The molecular weight excluding hydrogens is 283 g/mol. The van der Waals surface area contributed by atoms with Crippen LogP contribution in [0.4, 0.5) is 14.9 Å². The van der Waals surface area contributed by atoms with Gasteiger partial charge >= 0.3 is 6.03 Å². The van der Waals surface area contributed by atoms with Gasteiger partial charge < -0.3 is 15.7 Å². The van der Waals surface area contributed by atoms with Gasteiger partial charge in [-0.3, -0.25) is 0 Å². The van der Waals surface area contributed by atoms with Crippen molar-refractivity contribution < 1.29 is 14.3 Å². The van der Waals surface area contributed by atoms with Crippen LogP contribution < -0.4 is 10.6 Å². The molecule has 0 heterocycles. The van der Waals surface area contributed by atoms with Crippen LogP contribution in [0.2, 0.25) is 0 Å². The lowest BCUT2D eigenvalue weighted by molar-refractivity contribution is 0.172. The summed E-state index contributed by atoms with van der Waals surface area (Å²) in [6.45, 7) is 1.90. The van der Waals surface area contributed by atoms with Gasteiger partial charge in [-0.25, -0.2) is 9.18 Å². The summed E-state index contributed by atoms with van der Waals surface area (Å²) in [5.74, 6) is -0.495. The van der Waals surface area contributed by atoms with E-state index in [1.807, 2.05) is 37.3 Å². The first-order chi connectivity index (χ1) is 10.5. The van der Waals surface area contributed by atoms with E-state index in [2.05, 4.69) is 10.6 Å². The SMILES string of the molecule is Cc1ccc(F)c(NC(=O)NCC(O)Cc2ccccc2)c1. The Kier molecular flexibility index (Phi) is 5.49. The highest BCUT2D eigenvalue weighted by Gasteiger charge is 2.10. The van der Waals surface area contributed by atoms with Crippen molar-refractivity contribution >= 4 is 11.7 Å². The molecule has 0 bridgehead atoms. The number of aryl methyl sites for hydroxylation is 1. The van der Waals surface area contributed by atoms with Gasteiger partial charge in [0.15, 0.2) is 0 Å². The van der Waals surface area contributed by atoms with E-state index in [0.717, 1.165) is 11.1 Å². The van der Waals surface area contributed by atoms with Gasteiger partial charge in [0.25, 0.3) is 0 Å². The highest BCUT2D eigenvalue weighted by molar-refractivity contribution is 5.89. The standard InChI is InChI=1S/C17H19FN2O2/c1-12-7-8-15(18)16(9-12)20-17(22)19-11-14(21)10-13-5-3-2-4-6-13/h2-9,14,21H,10-11H2,1H3,(H2,19,20,22). The third kappa shape index (κ3) is 4.86. The predicted octanol–water partition coefficient (Wildman–Crippen LogP) is 2.86. The van der Waals surface area contributed by atoms with Crippen molar-refractivity contribution in [2.24, 2.45) is 0 Å². The number of carbonyl (C=O) groups excluding carboxylic acids is 1. The number of hydrogen-bond donors (Lipinski definition) is 3. The van der Waals surface area contributed by atoms with E-state index < -0.39 is 18.0 Å². The Morgan fingerprint density at radius 1 is 1.23 bits per heavy atom. The van der Waals surface area contributed by atoms with Crippen molar-refractivity contribution in [3.8, 4) is 0 Å². The number of aliphatic hydroxyl groups is 1. The van der Waals surface area contributed by atoms with E-state index in [1.54, 1.807) is 12.1 Å². The highest BCUT2D eigenvalue weighted by Crippen LogP contribution is 2.15. The van der Waals surface area contributed by atoms with Crippen LogP contribution in [0.15, 0.2) is 48.5 Å². The lowest BCUT2D eigenvalue weighted by Crippen LogP contribution is -2.36. The molecule has 0 spiro atoms. The molecule has 22 heavy (non-hydrogen) atoms. The zero-order chi connectivity index (χ0) is 15.9. The first kappa shape index (κ1) is 16.0. The van der Waals surface area contributed by atoms with Gasteiger partial charge in [0.1, 0.15) is 5.82 Å². The van der Waals surface area contributed by atoms with E-state index in [0.29, 0.717) is 6.42 Å². The fraction of sp³-hybridized carbons (Fsp3) is 0.235. The molecule has 116 valence electrons. The van der Waals surface area contributed by atoms with Crippen LogP contribution >= 0.6 is 0 Å². The molecule has 2 amide bonds. The largest absolute Gasteiger partial charge is 0.391 e. The minimum absolute atomic E-state index is 0.0914. The van der Waals surface area contributed by atoms with E-state index in [-0.39, 0.29) is 12.2 Å². The second kappa shape index (κ2) is 7.56. The summed E-state index contributed by atoms with van der Waals surface area (Å²) < 4.78 is 13.5. The third-order valence-electron chi connectivity index (χ3n) is 3.18. The quantitative estimate of drug-likeness (QED) is 0.795. The molecule has 0 saturated carbocycles. The van der Waals surface area contributed by atoms with Crippen molar-refractivity contribution in [1.82, 2.24) is 5.32 Å². The van der Waals surface area contributed by atoms with Crippen molar-refractivity contribution in [2.75, 3.05) is 11.9 Å². The normalized spacial score (nSPS) is 11.8. The molecule has 3 N–H and O–H groups in total. The Labute approximate surface area is 129 Å². The van der Waals surface area contributed by atoms with Gasteiger partial charge in [0, 0.05) is 13.0 Å². The number of benzene rings is 2. The fourth-order valence-corrected chi connectivity index (χ4v) is 2.07. The maximum atomic E-state index is 13.5. The Hall–Kier alpha value is -2.40. The minimum Gasteiger partial charge on any atom is -0.391 e. The van der Waals surface area contributed by atoms with Crippen LogP contribution in [0.3, 0.4) is 0 Å². The van der Waals surface area contributed by atoms with Crippen molar-refractivity contribution in [3.05, 3.63) is 65.5 Å². The number of nitrogens with one attached hydrogen (secondary N) is 2. The summed E-state index contributed by atoms with van der Waals surface area (Å²) in [4.78, 5) is 11.7. The molecule has 1 unspecified atom stereocenters. The van der Waals surface area contributed by atoms with Gasteiger partial charge in [0.05, 0.1) is 11.8 Å². The summed E-state index contributed by atoms with van der Waals surface area (Å²) in [6, 6.07) is 13.4. The maximum absolute atomic E-state index is 13.5. The molecule has 5 heteroatoms. The van der Waals surface area contributed by atoms with E-state index in [4.69, 9.17) is 0 Å². The number of rotatable bonds is 5. The van der Waals surface area contributed by atoms with Gasteiger partial charge in [0.2, 0.25) is 0 Å². The molecule has 0 aliphatic heterocycles. The summed E-state index contributed by atoms with van der Waals surface area (Å²) in [7, 11) is 0. The second-order valence-electron chi connectivity index (χ2n) is 5.16. The topological polar surface area (TPSA) is 61.4 Å². The molecule has 0 saturated heterocycles. The summed E-state index contributed by atoms with van der Waals surface area (Å²) in [5.41, 5.74) is 1.96. The molecule has 2 aromatic rings. The second-order valence-corrected chi connectivity index (χ2v) is 5.16. The lowest BCUT2D eigenvalue weighted by atomic mass is 10.1. The molecule has 0 radical (unpaired) electrons. The number of amides is 2. The Balaban J connectivity index is 1.81. The zero-order valence-electron chi connectivity index (χ0n) is 12.3. The lowest BCUT2D eigenvalue weighted by Gasteiger charge is -2.13. The molecule has 1 atom stereocenters. The third-order valence-corrected chi connectivity index (χ3v) is 3.18. The molecule has 2 rings (SSSR count). The number of urea groups is 1. The molecule has 0 fully saturated rings. The molecular formula is C17H19FN2O2. The molecule has 2 aromatic carbocycles. The Morgan fingerprint density at radius 2 is 1.95 bits per heavy atom. The predicted molar refractivity (Wildman–Crippen MR) is 84.3 cm³/mol. The van der Waals surface area contributed by atoms with E-state index in [9.17, 15) is 14.3 Å². The molecule has 0 aliphatic rings. The summed E-state index contributed by atoms with van der Waals surface area (Å²) >= 11 is 0. The number of hydrogen-bond acceptors (Lipinski definition) is 2. The average Bonchev–Trinajstić information content (AvgIpc) is 2.50. The van der Waals surface area contributed by atoms with Gasteiger partial charge in [-0.05, 0) is 30.2 Å². The monoisotopic (exact) mass is 302 g/mol. The number of anilines is 1. The number of aliphatic hydroxyl groups excluding tert-OH is 1. The van der Waals surface area contributed by atoms with Crippen LogP contribution in [-0.4, -0.2) is 23.8 Å². The smallest absolute Gasteiger partial charge is 0.319 e. The summed E-state index contributed by atoms with van der Waals surface area (Å²) in [6.07, 6.45) is -0.254. The van der Waals surface area contributed by atoms with Crippen molar-refractivity contribution in [1.29, 1.82) is 0 Å². The fourth-order valence-electron chi connectivity index (χ4n) is 2.07. The van der Waals surface area contributed by atoms with Crippen LogP contribution in [-0.2, 0) is 6.42 Å². The highest BCUT2D eigenvalue weighted by atomic mass is 19.1. The number of halogens is 1. The van der Waals surface area contributed by atoms with Gasteiger partial charge in [-0.15, -0.1) is 0 Å². The molecule has 0 aliphatic carbocycles. The van der Waals surface area contributed by atoms with Gasteiger partial charge in [-0.2, -0.15) is 0 Å². The van der Waals surface area contributed by atoms with Crippen LogP contribution in [0, 0.1) is 12.7 Å². The van der Waals surface area contributed by atoms with Crippen molar-refractivity contribution in [3.63, 3.8) is 0 Å². The molecule has 4 nitrogen and oxygen atoms in total. The van der Waals surface area contributed by atoms with E-state index >= 15 is 0 Å². The Morgan fingerprint density at radius 3 is 2.68 bits per heavy atom. The van der Waals surface area contributed by atoms with E-state index in [1.165, 1.54) is 6.07 Å². The number of carbonyl (C=O) groups is 1. The maximum Gasteiger partial charge on any atom is 0.319 e. The Bertz CT molecular complexity index is 632. The average molecular weight is 302 g/mol. The summed E-state index contributed by atoms with van der Waals surface area (Å²) in [5, 5.41) is 14.9. The van der Waals surface area contributed by atoms with Crippen molar-refractivity contribution in [2.45, 2.75) is 19.4 Å². The van der Waals surface area contributed by atoms with Gasteiger partial charge in [-0.1, -0.05) is 36.4 Å². The van der Waals surface area contributed by atoms with Crippen LogP contribution in [0.25, 0.3) is 0 Å². The van der Waals surface area contributed by atoms with Crippen LogP contribution in [0.5, 0.6) is 0 Å². The minimum atomic E-state index is -0.699.